The molecule has 0 aliphatic carbocycles. The number of rotatable bonds is 2. The molecule has 2 aromatic rings. The highest BCUT2D eigenvalue weighted by molar-refractivity contribution is 5.30. The Kier molecular flexibility index (Phi) is 3.02. The number of aliphatic hydroxyl groups is 1. The predicted molar refractivity (Wildman–Crippen MR) is 69.2 cm³/mol. The molecule has 5 heteroatoms. The number of hydrogen-bond donors (Lipinski definition) is 1. The van der Waals surface area contributed by atoms with E-state index in [0.717, 1.165) is 11.3 Å². The van der Waals surface area contributed by atoms with Gasteiger partial charge in [-0.15, -0.1) is 0 Å². The van der Waals surface area contributed by atoms with Crippen LogP contribution in [0.4, 0.5) is 0 Å². The third kappa shape index (κ3) is 2.18. The van der Waals surface area contributed by atoms with Gasteiger partial charge in [0.1, 0.15) is 11.9 Å². The van der Waals surface area contributed by atoms with Crippen molar-refractivity contribution in [1.82, 2.24) is 19.3 Å². The van der Waals surface area contributed by atoms with Gasteiger partial charge in [-0.3, -0.25) is 4.68 Å². The van der Waals surface area contributed by atoms with E-state index < -0.39 is 6.10 Å². The summed E-state index contributed by atoms with van der Waals surface area (Å²) in [6, 6.07) is 0. The summed E-state index contributed by atoms with van der Waals surface area (Å²) >= 11 is 0. The molecule has 98 valence electrons. The number of imidazole rings is 1. The summed E-state index contributed by atoms with van der Waals surface area (Å²) in [4.78, 5) is 4.20. The Morgan fingerprint density at radius 3 is 2.44 bits per heavy atom. The summed E-state index contributed by atoms with van der Waals surface area (Å²) in [5.74, 6) is 0.633. The van der Waals surface area contributed by atoms with Gasteiger partial charge in [0.05, 0.1) is 5.69 Å². The molecule has 0 saturated heterocycles. The zero-order valence-electron chi connectivity index (χ0n) is 11.5. The van der Waals surface area contributed by atoms with Crippen LogP contribution in [0.3, 0.4) is 0 Å². The Morgan fingerprint density at radius 1 is 1.28 bits per heavy atom. The molecule has 1 atom stereocenters. The van der Waals surface area contributed by atoms with Crippen LogP contribution in [0.1, 0.15) is 44.0 Å². The van der Waals surface area contributed by atoms with Crippen molar-refractivity contribution in [3.8, 4) is 0 Å². The average molecular weight is 248 g/mol. The van der Waals surface area contributed by atoms with E-state index >= 15 is 0 Å². The fourth-order valence-electron chi connectivity index (χ4n) is 2.07. The lowest BCUT2D eigenvalue weighted by molar-refractivity contribution is 0.203. The number of aliphatic hydroxyl groups excluding tert-OH is 1. The van der Waals surface area contributed by atoms with E-state index in [9.17, 15) is 5.11 Å². The largest absolute Gasteiger partial charge is 0.380 e. The number of aryl methyl sites for hydroxylation is 2. The maximum atomic E-state index is 10.5. The molecule has 2 aromatic heterocycles. The monoisotopic (exact) mass is 248 g/mol. The SMILES string of the molecule is Cn1cc(C(O)c2nccn2C)c(C(C)(C)C)n1. The molecule has 18 heavy (non-hydrogen) atoms. The molecular weight excluding hydrogens is 228 g/mol. The lowest BCUT2D eigenvalue weighted by atomic mass is 9.88. The normalized spacial score (nSPS) is 13.9. The molecule has 0 radical (unpaired) electrons. The van der Waals surface area contributed by atoms with Crippen LogP contribution in [0.2, 0.25) is 0 Å². The summed E-state index contributed by atoms with van der Waals surface area (Å²) in [5, 5.41) is 14.9. The van der Waals surface area contributed by atoms with Gasteiger partial charge in [-0.2, -0.15) is 5.10 Å². The molecule has 5 nitrogen and oxygen atoms in total. The molecule has 0 aliphatic rings. The highest BCUT2D eigenvalue weighted by Gasteiger charge is 2.27. The van der Waals surface area contributed by atoms with Crippen LogP contribution in [0.5, 0.6) is 0 Å². The first-order valence-electron chi connectivity index (χ1n) is 6.00. The molecule has 0 saturated carbocycles. The maximum Gasteiger partial charge on any atom is 0.142 e. The van der Waals surface area contributed by atoms with Gasteiger partial charge in [0, 0.05) is 43.7 Å². The summed E-state index contributed by atoms with van der Waals surface area (Å²) in [6.07, 6.45) is 4.63. The highest BCUT2D eigenvalue weighted by atomic mass is 16.3. The predicted octanol–water partition coefficient (Wildman–Crippen LogP) is 1.53. The van der Waals surface area contributed by atoms with Crippen molar-refractivity contribution in [3.05, 3.63) is 35.7 Å². The molecule has 1 unspecified atom stereocenters. The number of nitrogens with zero attached hydrogens (tertiary/aromatic N) is 4. The van der Waals surface area contributed by atoms with Crippen LogP contribution in [0.25, 0.3) is 0 Å². The maximum absolute atomic E-state index is 10.5. The Balaban J connectivity index is 2.49. The van der Waals surface area contributed by atoms with Crippen molar-refractivity contribution in [2.24, 2.45) is 14.1 Å². The van der Waals surface area contributed by atoms with Crippen molar-refractivity contribution in [2.75, 3.05) is 0 Å². The Labute approximate surface area is 107 Å². The molecular formula is C13H20N4O. The van der Waals surface area contributed by atoms with Gasteiger partial charge in [-0.1, -0.05) is 20.8 Å². The van der Waals surface area contributed by atoms with Crippen LogP contribution in [-0.2, 0) is 19.5 Å². The molecule has 0 spiro atoms. The Morgan fingerprint density at radius 2 is 1.94 bits per heavy atom. The first kappa shape index (κ1) is 12.8. The molecule has 2 heterocycles. The molecule has 1 N–H and O–H groups in total. The van der Waals surface area contributed by atoms with Crippen molar-refractivity contribution in [3.63, 3.8) is 0 Å². The molecule has 2 rings (SSSR count). The zero-order valence-corrected chi connectivity index (χ0v) is 11.5. The van der Waals surface area contributed by atoms with Gasteiger partial charge in [0.15, 0.2) is 0 Å². The zero-order chi connectivity index (χ0) is 13.5. The second-order valence-corrected chi connectivity index (χ2v) is 5.66. The van der Waals surface area contributed by atoms with Gasteiger partial charge < -0.3 is 9.67 Å². The Bertz CT molecular complexity index is 548. The van der Waals surface area contributed by atoms with Gasteiger partial charge in [-0.05, 0) is 0 Å². The van der Waals surface area contributed by atoms with Gasteiger partial charge >= 0.3 is 0 Å². The highest BCUT2D eigenvalue weighted by Crippen LogP contribution is 2.30. The quantitative estimate of drug-likeness (QED) is 0.877. The van der Waals surface area contributed by atoms with E-state index in [1.807, 2.05) is 31.1 Å². The third-order valence-electron chi connectivity index (χ3n) is 2.97. The minimum absolute atomic E-state index is 0.108. The fraction of sp³-hybridized carbons (Fsp3) is 0.538. The van der Waals surface area contributed by atoms with Crippen molar-refractivity contribution < 1.29 is 5.11 Å². The molecule has 0 aliphatic heterocycles. The minimum Gasteiger partial charge on any atom is -0.380 e. The fourth-order valence-corrected chi connectivity index (χ4v) is 2.07. The second kappa shape index (κ2) is 4.24. The molecule has 0 bridgehead atoms. The lowest BCUT2D eigenvalue weighted by Crippen LogP contribution is -2.17. The standard InChI is InChI=1S/C13H20N4O/c1-13(2,3)11-9(8-17(5)15-11)10(18)12-14-6-7-16(12)4/h6-8,10,18H,1-5H3. The number of aromatic nitrogens is 4. The number of hydrogen-bond acceptors (Lipinski definition) is 3. The molecule has 0 amide bonds. The minimum atomic E-state index is -0.743. The van der Waals surface area contributed by atoms with Crippen molar-refractivity contribution in [1.29, 1.82) is 0 Å². The van der Waals surface area contributed by atoms with E-state index in [1.165, 1.54) is 0 Å². The Hall–Kier alpha value is -1.62. The summed E-state index contributed by atoms with van der Waals surface area (Å²) in [6.45, 7) is 6.26. The summed E-state index contributed by atoms with van der Waals surface area (Å²) in [5.41, 5.74) is 1.61. The third-order valence-corrected chi connectivity index (χ3v) is 2.97. The smallest absolute Gasteiger partial charge is 0.142 e. The summed E-state index contributed by atoms with van der Waals surface area (Å²) < 4.78 is 3.56. The van der Waals surface area contributed by atoms with E-state index in [4.69, 9.17) is 0 Å². The topological polar surface area (TPSA) is 55.9 Å². The van der Waals surface area contributed by atoms with Crippen LogP contribution in [-0.4, -0.2) is 24.4 Å². The van der Waals surface area contributed by atoms with Crippen LogP contribution in [0, 0.1) is 0 Å². The lowest BCUT2D eigenvalue weighted by Gasteiger charge is -2.19. The first-order valence-corrected chi connectivity index (χ1v) is 6.00. The van der Waals surface area contributed by atoms with Gasteiger partial charge in [0.25, 0.3) is 0 Å². The van der Waals surface area contributed by atoms with E-state index in [1.54, 1.807) is 10.9 Å². The summed E-state index contributed by atoms with van der Waals surface area (Å²) in [7, 11) is 3.74. The van der Waals surface area contributed by atoms with Gasteiger partial charge in [0.2, 0.25) is 0 Å². The van der Waals surface area contributed by atoms with E-state index in [-0.39, 0.29) is 5.41 Å². The van der Waals surface area contributed by atoms with E-state index in [2.05, 4.69) is 30.9 Å². The molecule has 0 aromatic carbocycles. The van der Waals surface area contributed by atoms with Crippen LogP contribution >= 0.6 is 0 Å². The van der Waals surface area contributed by atoms with Crippen molar-refractivity contribution in [2.45, 2.75) is 32.3 Å². The van der Waals surface area contributed by atoms with E-state index in [0.29, 0.717) is 5.82 Å². The average Bonchev–Trinajstić information content (AvgIpc) is 2.82. The molecule has 0 fully saturated rings. The van der Waals surface area contributed by atoms with Crippen molar-refractivity contribution >= 4 is 0 Å². The first-order chi connectivity index (χ1) is 8.30. The van der Waals surface area contributed by atoms with Crippen LogP contribution < -0.4 is 0 Å². The van der Waals surface area contributed by atoms with Crippen LogP contribution in [0.15, 0.2) is 18.6 Å². The second-order valence-electron chi connectivity index (χ2n) is 5.66. The van der Waals surface area contributed by atoms with Gasteiger partial charge in [-0.25, -0.2) is 4.98 Å².